The molecule has 17 nitrogen and oxygen atoms in total. The maximum Gasteiger partial charge on any atom is 0.472 e. The number of hydrogen-bond donors (Lipinski definition) is 3. The van der Waals surface area contributed by atoms with Gasteiger partial charge in [-0.3, -0.25) is 37.3 Å². The van der Waals surface area contributed by atoms with Crippen molar-refractivity contribution in [3.05, 3.63) is 0 Å². The summed E-state index contributed by atoms with van der Waals surface area (Å²) < 4.78 is 68.6. The zero-order valence-electron chi connectivity index (χ0n) is 64.8. The molecule has 5 atom stereocenters. The van der Waals surface area contributed by atoms with Gasteiger partial charge in [-0.1, -0.05) is 369 Å². The maximum absolute atomic E-state index is 13.1. The highest BCUT2D eigenvalue weighted by Gasteiger charge is 2.30. The first kappa shape index (κ1) is 97.1. The number of aliphatic hydroxyl groups excluding tert-OH is 1. The molecule has 19 heteroatoms. The summed E-state index contributed by atoms with van der Waals surface area (Å²) >= 11 is 0. The lowest BCUT2D eigenvalue weighted by atomic mass is 10.0. The van der Waals surface area contributed by atoms with Gasteiger partial charge in [-0.05, 0) is 37.5 Å². The summed E-state index contributed by atoms with van der Waals surface area (Å²) in [6.07, 6.45) is 61.3. The highest BCUT2D eigenvalue weighted by molar-refractivity contribution is 7.47. The van der Waals surface area contributed by atoms with Crippen LogP contribution >= 0.6 is 15.6 Å². The van der Waals surface area contributed by atoms with Gasteiger partial charge in [0.2, 0.25) is 0 Å². The number of unbranched alkanes of at least 4 members (excludes halogenated alkanes) is 49. The van der Waals surface area contributed by atoms with Gasteiger partial charge in [0.1, 0.15) is 19.3 Å². The lowest BCUT2D eigenvalue weighted by Crippen LogP contribution is -2.30. The molecule has 0 spiro atoms. The minimum absolute atomic E-state index is 0.106. The molecule has 99 heavy (non-hydrogen) atoms. The number of carbonyl (C=O) groups is 4. The van der Waals surface area contributed by atoms with Crippen molar-refractivity contribution in [2.45, 2.75) is 439 Å². The molecular weight excluding hydrogens is 1290 g/mol. The molecule has 0 heterocycles. The number of rotatable bonds is 79. The molecule has 2 unspecified atom stereocenters. The van der Waals surface area contributed by atoms with Crippen molar-refractivity contribution in [2.75, 3.05) is 39.6 Å². The smallest absolute Gasteiger partial charge is 0.462 e. The van der Waals surface area contributed by atoms with Crippen molar-refractivity contribution in [1.29, 1.82) is 0 Å². The standard InChI is InChI=1S/C80H156O17P2/c1-7-9-11-13-15-17-19-21-22-23-24-25-26-27-28-33-37-41-45-53-59-65-80(85)96-75(68-90-77(82)62-56-50-43-39-36-32-30-29-31-34-38-42-48-54-60-72(3)4)70-94-98(86,87)92-66-74(81)67-93-99(88,89)95-71-76(69-91-78(83)63-57-51-47-46-49-55-61-73(5)6)97-79(84)64-58-52-44-40-35-20-18-16-14-12-10-8-2/h72-76,81H,7-71H2,1-6H3,(H,86,87)(H,88,89)/t74-,75-,76-/m1/s1. The highest BCUT2D eigenvalue weighted by atomic mass is 31.2. The van der Waals surface area contributed by atoms with Crippen LogP contribution in [0.5, 0.6) is 0 Å². The summed E-state index contributed by atoms with van der Waals surface area (Å²) in [6.45, 7) is 9.56. The Kier molecular flexibility index (Phi) is 70.3. The Labute approximate surface area is 607 Å². The molecule has 0 rings (SSSR count). The van der Waals surface area contributed by atoms with Gasteiger partial charge >= 0.3 is 39.5 Å². The van der Waals surface area contributed by atoms with Crippen LogP contribution in [-0.2, 0) is 65.4 Å². The van der Waals surface area contributed by atoms with Gasteiger partial charge in [-0.25, -0.2) is 9.13 Å². The summed E-state index contributed by atoms with van der Waals surface area (Å²) in [5, 5.41) is 10.6. The van der Waals surface area contributed by atoms with Crippen molar-refractivity contribution >= 4 is 39.5 Å². The summed E-state index contributed by atoms with van der Waals surface area (Å²) in [4.78, 5) is 72.9. The first-order valence-electron chi connectivity index (χ1n) is 41.5. The van der Waals surface area contributed by atoms with Gasteiger partial charge < -0.3 is 33.8 Å². The van der Waals surface area contributed by atoms with Gasteiger partial charge in [0, 0.05) is 25.7 Å². The van der Waals surface area contributed by atoms with Gasteiger partial charge in [0.05, 0.1) is 26.4 Å². The van der Waals surface area contributed by atoms with Crippen LogP contribution in [0.3, 0.4) is 0 Å². The van der Waals surface area contributed by atoms with E-state index in [1.165, 1.54) is 231 Å². The molecule has 0 fully saturated rings. The minimum atomic E-state index is -4.96. The molecule has 0 amide bonds. The lowest BCUT2D eigenvalue weighted by Gasteiger charge is -2.21. The molecule has 0 aromatic rings. The van der Waals surface area contributed by atoms with E-state index in [1.54, 1.807) is 0 Å². The molecule has 0 aliphatic rings. The van der Waals surface area contributed by atoms with Gasteiger partial charge in [0.15, 0.2) is 12.2 Å². The Bertz CT molecular complexity index is 1910. The second-order valence-electron chi connectivity index (χ2n) is 29.8. The molecule has 0 aliphatic carbocycles. The first-order chi connectivity index (χ1) is 47.9. The zero-order valence-corrected chi connectivity index (χ0v) is 66.6. The van der Waals surface area contributed by atoms with Gasteiger partial charge in [-0.15, -0.1) is 0 Å². The zero-order chi connectivity index (χ0) is 72.8. The van der Waals surface area contributed by atoms with E-state index in [0.717, 1.165) is 102 Å². The third-order valence-corrected chi connectivity index (χ3v) is 20.6. The van der Waals surface area contributed by atoms with Crippen LogP contribution in [0, 0.1) is 11.8 Å². The summed E-state index contributed by atoms with van der Waals surface area (Å²) in [7, 11) is -9.91. The molecule has 0 aliphatic heterocycles. The van der Waals surface area contributed by atoms with E-state index < -0.39 is 97.5 Å². The molecule has 0 saturated heterocycles. The lowest BCUT2D eigenvalue weighted by molar-refractivity contribution is -0.161. The largest absolute Gasteiger partial charge is 0.472 e. The van der Waals surface area contributed by atoms with Gasteiger partial charge in [0.25, 0.3) is 0 Å². The fourth-order valence-corrected chi connectivity index (χ4v) is 13.9. The fraction of sp³-hybridized carbons (Fsp3) is 0.950. The Morgan fingerprint density at radius 2 is 0.465 bits per heavy atom. The Morgan fingerprint density at radius 3 is 0.687 bits per heavy atom. The molecular formula is C80H156O17P2. The molecule has 0 radical (unpaired) electrons. The SMILES string of the molecule is CCCCCCCCCCCCCCCCCCCCCCCC(=O)O[C@H](COC(=O)CCCCCCCCCCCCCCCCC(C)C)COP(=O)(O)OC[C@@H](O)COP(=O)(O)OC[C@@H](COC(=O)CCCCCCCCC(C)C)OC(=O)CCCCCCCCCCCCCC. The van der Waals surface area contributed by atoms with Crippen LogP contribution in [0.25, 0.3) is 0 Å². The summed E-state index contributed by atoms with van der Waals surface area (Å²) in [6, 6.07) is 0. The van der Waals surface area contributed by atoms with Crippen LogP contribution in [-0.4, -0.2) is 96.7 Å². The molecule has 588 valence electrons. The highest BCUT2D eigenvalue weighted by Crippen LogP contribution is 2.45. The minimum Gasteiger partial charge on any atom is -0.462 e. The van der Waals surface area contributed by atoms with Gasteiger partial charge in [-0.2, -0.15) is 0 Å². The van der Waals surface area contributed by atoms with Crippen LogP contribution < -0.4 is 0 Å². The Hall–Kier alpha value is -1.94. The Morgan fingerprint density at radius 1 is 0.273 bits per heavy atom. The number of phosphoric acid groups is 2. The van der Waals surface area contributed by atoms with Crippen LogP contribution in [0.2, 0.25) is 0 Å². The van der Waals surface area contributed by atoms with E-state index >= 15 is 0 Å². The van der Waals surface area contributed by atoms with E-state index in [9.17, 15) is 43.2 Å². The van der Waals surface area contributed by atoms with E-state index in [4.69, 9.17) is 37.0 Å². The van der Waals surface area contributed by atoms with Crippen LogP contribution in [0.15, 0.2) is 0 Å². The number of hydrogen-bond acceptors (Lipinski definition) is 15. The van der Waals surface area contributed by atoms with Crippen molar-refractivity contribution in [2.24, 2.45) is 11.8 Å². The van der Waals surface area contributed by atoms with E-state index in [1.807, 2.05) is 0 Å². The number of ether oxygens (including phenoxy) is 4. The Balaban J connectivity index is 5.20. The average Bonchev–Trinajstić information content (AvgIpc) is 1.04. The van der Waals surface area contributed by atoms with Crippen molar-refractivity contribution in [3.63, 3.8) is 0 Å². The normalized spacial score (nSPS) is 13.9. The monoisotopic (exact) mass is 1450 g/mol. The van der Waals surface area contributed by atoms with E-state index in [2.05, 4.69) is 41.5 Å². The third-order valence-electron chi connectivity index (χ3n) is 18.7. The van der Waals surface area contributed by atoms with Crippen LogP contribution in [0.1, 0.15) is 420 Å². The number of esters is 4. The third kappa shape index (κ3) is 74.1. The number of aliphatic hydroxyl groups is 1. The molecule has 3 N–H and O–H groups in total. The second kappa shape index (κ2) is 71.7. The quantitative estimate of drug-likeness (QED) is 0.0222. The topological polar surface area (TPSA) is 237 Å². The van der Waals surface area contributed by atoms with Crippen molar-refractivity contribution < 1.29 is 80.2 Å². The number of phosphoric ester groups is 2. The second-order valence-corrected chi connectivity index (χ2v) is 32.7. The fourth-order valence-electron chi connectivity index (χ4n) is 12.4. The molecule has 0 saturated carbocycles. The molecule has 0 aromatic carbocycles. The predicted molar refractivity (Wildman–Crippen MR) is 405 cm³/mol. The van der Waals surface area contributed by atoms with E-state index in [-0.39, 0.29) is 25.7 Å². The first-order valence-corrected chi connectivity index (χ1v) is 44.5. The predicted octanol–water partition coefficient (Wildman–Crippen LogP) is 23.9. The average molecular weight is 1450 g/mol. The molecule has 0 bridgehead atoms. The number of carbonyl (C=O) groups excluding carboxylic acids is 4. The molecule has 0 aromatic heterocycles. The van der Waals surface area contributed by atoms with Crippen molar-refractivity contribution in [3.8, 4) is 0 Å². The summed E-state index contributed by atoms with van der Waals surface area (Å²) in [5.41, 5.74) is 0. The summed E-state index contributed by atoms with van der Waals surface area (Å²) in [5.74, 6) is -0.634. The van der Waals surface area contributed by atoms with Crippen molar-refractivity contribution in [1.82, 2.24) is 0 Å². The van der Waals surface area contributed by atoms with E-state index in [0.29, 0.717) is 31.6 Å². The van der Waals surface area contributed by atoms with Crippen LogP contribution in [0.4, 0.5) is 0 Å². The maximum atomic E-state index is 13.1.